The molecule has 0 unspecified atom stereocenters. The van der Waals surface area contributed by atoms with Gasteiger partial charge in [0, 0.05) is 11.1 Å². The predicted molar refractivity (Wildman–Crippen MR) is 132 cm³/mol. The number of carbonyl (C=O) groups excluding carboxylic acids is 2. The summed E-state index contributed by atoms with van der Waals surface area (Å²) in [6, 6.07) is 18.8. The van der Waals surface area contributed by atoms with Crippen molar-refractivity contribution in [3.63, 3.8) is 0 Å². The second-order valence-corrected chi connectivity index (χ2v) is 7.60. The number of hydrogen-bond acceptors (Lipinski definition) is 6. The van der Waals surface area contributed by atoms with Crippen LogP contribution >= 0.6 is 0 Å². The van der Waals surface area contributed by atoms with Crippen LogP contribution in [0.2, 0.25) is 0 Å². The third kappa shape index (κ3) is 6.66. The molecular formula is C27H30N2O6. The van der Waals surface area contributed by atoms with E-state index in [2.05, 4.69) is 10.6 Å². The maximum absolute atomic E-state index is 13.1. The van der Waals surface area contributed by atoms with Gasteiger partial charge >= 0.3 is 0 Å². The van der Waals surface area contributed by atoms with Gasteiger partial charge in [0.25, 0.3) is 11.8 Å². The van der Waals surface area contributed by atoms with E-state index in [0.717, 1.165) is 6.42 Å². The van der Waals surface area contributed by atoms with E-state index in [1.807, 2.05) is 6.92 Å². The van der Waals surface area contributed by atoms with E-state index in [9.17, 15) is 9.59 Å². The Labute approximate surface area is 205 Å². The van der Waals surface area contributed by atoms with Crippen LogP contribution in [-0.4, -0.2) is 39.8 Å². The second-order valence-electron chi connectivity index (χ2n) is 7.60. The Balaban J connectivity index is 1.94. The monoisotopic (exact) mass is 478 g/mol. The minimum Gasteiger partial charge on any atom is -0.497 e. The average Bonchev–Trinajstić information content (AvgIpc) is 2.91. The minimum atomic E-state index is -0.859. The van der Waals surface area contributed by atoms with Gasteiger partial charge < -0.3 is 29.6 Å². The number of carbonyl (C=O) groups is 2. The minimum absolute atomic E-state index is 0.383. The van der Waals surface area contributed by atoms with Crippen LogP contribution in [-0.2, 0) is 0 Å². The number of ether oxygens (including phenoxy) is 4. The lowest BCUT2D eigenvalue weighted by Gasteiger charge is -2.22. The van der Waals surface area contributed by atoms with Crippen LogP contribution in [0.4, 0.5) is 0 Å². The number of hydrogen-bond donors (Lipinski definition) is 2. The lowest BCUT2D eigenvalue weighted by molar-refractivity contribution is 0.0882. The molecule has 2 N–H and O–H groups in total. The van der Waals surface area contributed by atoms with Crippen molar-refractivity contribution in [1.82, 2.24) is 10.6 Å². The molecule has 0 saturated carbocycles. The highest BCUT2D eigenvalue weighted by Crippen LogP contribution is 2.30. The number of benzene rings is 3. The SMILES string of the molecule is CCCOc1cc(C(NC(=O)c2cccc(OC)c2)NC(=O)c2cccc(OC)c2)ccc1OC. The normalized spacial score (nSPS) is 10.4. The van der Waals surface area contributed by atoms with Crippen LogP contribution in [0.1, 0.15) is 45.8 Å². The van der Waals surface area contributed by atoms with Crippen molar-refractivity contribution in [3.8, 4) is 23.0 Å². The Hall–Kier alpha value is -4.20. The summed E-state index contributed by atoms with van der Waals surface area (Å²) < 4.78 is 21.7. The Kier molecular flexibility index (Phi) is 8.95. The van der Waals surface area contributed by atoms with Gasteiger partial charge in [-0.3, -0.25) is 9.59 Å². The fourth-order valence-corrected chi connectivity index (χ4v) is 3.36. The molecule has 0 aromatic heterocycles. The van der Waals surface area contributed by atoms with Gasteiger partial charge in [-0.25, -0.2) is 0 Å². The molecule has 0 radical (unpaired) electrons. The highest BCUT2D eigenvalue weighted by Gasteiger charge is 2.21. The largest absolute Gasteiger partial charge is 0.497 e. The van der Waals surface area contributed by atoms with Crippen molar-refractivity contribution < 1.29 is 28.5 Å². The Morgan fingerprint density at radius 1 is 0.743 bits per heavy atom. The van der Waals surface area contributed by atoms with Crippen molar-refractivity contribution in [2.45, 2.75) is 19.5 Å². The molecular weight excluding hydrogens is 448 g/mol. The maximum Gasteiger partial charge on any atom is 0.253 e. The molecule has 35 heavy (non-hydrogen) atoms. The first kappa shape index (κ1) is 25.4. The molecule has 2 amide bonds. The fourth-order valence-electron chi connectivity index (χ4n) is 3.36. The first-order valence-electron chi connectivity index (χ1n) is 11.2. The molecule has 0 aliphatic heterocycles. The van der Waals surface area contributed by atoms with Gasteiger partial charge in [-0.2, -0.15) is 0 Å². The van der Waals surface area contributed by atoms with Crippen LogP contribution in [0, 0.1) is 0 Å². The van der Waals surface area contributed by atoms with Gasteiger partial charge in [0.1, 0.15) is 17.7 Å². The van der Waals surface area contributed by atoms with Gasteiger partial charge in [0.15, 0.2) is 11.5 Å². The topological polar surface area (TPSA) is 95.1 Å². The van der Waals surface area contributed by atoms with E-state index in [0.29, 0.717) is 46.3 Å². The van der Waals surface area contributed by atoms with E-state index < -0.39 is 6.17 Å². The third-order valence-corrected chi connectivity index (χ3v) is 5.20. The number of nitrogens with one attached hydrogen (secondary N) is 2. The summed E-state index contributed by atoms with van der Waals surface area (Å²) in [5.41, 5.74) is 1.39. The average molecular weight is 479 g/mol. The lowest BCUT2D eigenvalue weighted by Crippen LogP contribution is -2.41. The van der Waals surface area contributed by atoms with Gasteiger partial charge in [-0.05, 0) is 60.5 Å². The zero-order valence-corrected chi connectivity index (χ0v) is 20.3. The lowest BCUT2D eigenvalue weighted by atomic mass is 10.1. The van der Waals surface area contributed by atoms with E-state index in [4.69, 9.17) is 18.9 Å². The molecule has 3 aromatic rings. The Morgan fingerprint density at radius 3 is 1.80 bits per heavy atom. The quantitative estimate of drug-likeness (QED) is 0.398. The molecule has 0 aliphatic carbocycles. The molecule has 3 aromatic carbocycles. The van der Waals surface area contributed by atoms with Gasteiger partial charge in [0.2, 0.25) is 0 Å². The molecule has 8 heteroatoms. The summed E-state index contributed by atoms with van der Waals surface area (Å²) in [6.45, 7) is 2.50. The van der Waals surface area contributed by atoms with Crippen LogP contribution in [0.3, 0.4) is 0 Å². The van der Waals surface area contributed by atoms with Crippen LogP contribution in [0.15, 0.2) is 66.7 Å². The van der Waals surface area contributed by atoms with Crippen molar-refractivity contribution >= 4 is 11.8 Å². The van der Waals surface area contributed by atoms with Crippen LogP contribution < -0.4 is 29.6 Å². The molecule has 184 valence electrons. The predicted octanol–water partition coefficient (Wildman–Crippen LogP) is 4.36. The first-order valence-corrected chi connectivity index (χ1v) is 11.2. The summed E-state index contributed by atoms with van der Waals surface area (Å²) in [5.74, 6) is 1.41. The fraction of sp³-hybridized carbons (Fsp3) is 0.259. The summed E-state index contributed by atoms with van der Waals surface area (Å²) in [6.07, 6.45) is -0.0436. The van der Waals surface area contributed by atoms with Crippen molar-refractivity contribution in [1.29, 1.82) is 0 Å². The smallest absolute Gasteiger partial charge is 0.253 e. The molecule has 0 spiro atoms. The van der Waals surface area contributed by atoms with Crippen molar-refractivity contribution in [3.05, 3.63) is 83.4 Å². The summed E-state index contributed by atoms with van der Waals surface area (Å²) >= 11 is 0. The first-order chi connectivity index (χ1) is 17.0. The van der Waals surface area contributed by atoms with E-state index >= 15 is 0 Å². The number of rotatable bonds is 11. The molecule has 0 aliphatic rings. The molecule has 0 atom stereocenters. The van der Waals surface area contributed by atoms with Crippen LogP contribution in [0.5, 0.6) is 23.0 Å². The molecule has 0 bridgehead atoms. The maximum atomic E-state index is 13.1. The highest BCUT2D eigenvalue weighted by molar-refractivity contribution is 5.97. The van der Waals surface area contributed by atoms with Crippen LogP contribution in [0.25, 0.3) is 0 Å². The zero-order chi connectivity index (χ0) is 25.2. The van der Waals surface area contributed by atoms with E-state index in [1.165, 1.54) is 14.2 Å². The molecule has 0 saturated heterocycles. The molecule has 3 rings (SSSR count). The standard InChI is InChI=1S/C27H30N2O6/c1-5-14-35-24-17-18(12-13-23(24)34-4)25(28-26(30)19-8-6-10-21(15-19)32-2)29-27(31)20-9-7-11-22(16-20)33-3/h6-13,15-17,25H,5,14H2,1-4H3,(H,28,30)(H,29,31). The van der Waals surface area contributed by atoms with E-state index in [1.54, 1.807) is 73.8 Å². The van der Waals surface area contributed by atoms with Gasteiger partial charge in [-0.15, -0.1) is 0 Å². The highest BCUT2D eigenvalue weighted by atomic mass is 16.5. The van der Waals surface area contributed by atoms with E-state index in [-0.39, 0.29) is 11.8 Å². The molecule has 0 fully saturated rings. The third-order valence-electron chi connectivity index (χ3n) is 5.20. The number of amides is 2. The zero-order valence-electron chi connectivity index (χ0n) is 20.3. The summed E-state index contributed by atoms with van der Waals surface area (Å²) in [5, 5.41) is 5.79. The van der Waals surface area contributed by atoms with Crippen molar-refractivity contribution in [2.75, 3.05) is 27.9 Å². The Bertz CT molecular complexity index is 1100. The Morgan fingerprint density at radius 2 is 1.31 bits per heavy atom. The number of methoxy groups -OCH3 is 3. The summed E-state index contributed by atoms with van der Waals surface area (Å²) in [4.78, 5) is 26.2. The van der Waals surface area contributed by atoms with Gasteiger partial charge in [-0.1, -0.05) is 25.1 Å². The molecule has 8 nitrogen and oxygen atoms in total. The second kappa shape index (κ2) is 12.3. The van der Waals surface area contributed by atoms with Gasteiger partial charge in [0.05, 0.1) is 27.9 Å². The molecule has 0 heterocycles. The summed E-state index contributed by atoms with van der Waals surface area (Å²) in [7, 11) is 4.62. The van der Waals surface area contributed by atoms with Crippen molar-refractivity contribution in [2.24, 2.45) is 0 Å².